The first-order valence-corrected chi connectivity index (χ1v) is 2.99. The second-order valence-corrected chi connectivity index (χ2v) is 2.38. The van der Waals surface area contributed by atoms with Crippen molar-refractivity contribution in [1.29, 1.82) is 0 Å². The van der Waals surface area contributed by atoms with Gasteiger partial charge in [-0.3, -0.25) is 5.06 Å². The van der Waals surface area contributed by atoms with Crippen LogP contribution in [0.5, 0.6) is 0 Å². The molecule has 1 unspecified atom stereocenters. The minimum atomic E-state index is -0.264. The van der Waals surface area contributed by atoms with Crippen LogP contribution in [0.2, 0.25) is 0 Å². The van der Waals surface area contributed by atoms with Crippen molar-refractivity contribution in [2.75, 3.05) is 12.3 Å². The number of quaternary nitrogens is 1. The predicted octanol–water partition coefficient (Wildman–Crippen LogP) is -0.764. The molecular formula is C3H5NO2S. The number of amides is 1. The first-order chi connectivity index (χ1) is 3.30. The van der Waals surface area contributed by atoms with E-state index in [1.165, 1.54) is 0 Å². The van der Waals surface area contributed by atoms with Gasteiger partial charge < -0.3 is 5.21 Å². The quantitative estimate of drug-likeness (QED) is 0.426. The Morgan fingerprint density at radius 1 is 1.86 bits per heavy atom. The summed E-state index contributed by atoms with van der Waals surface area (Å²) in [5, 5.41) is 9.72. The lowest BCUT2D eigenvalue weighted by Crippen LogP contribution is -3.07. The first kappa shape index (κ1) is 5.08. The zero-order valence-electron chi connectivity index (χ0n) is 3.64. The first-order valence-electron chi connectivity index (χ1n) is 2.00. The van der Waals surface area contributed by atoms with Crippen molar-refractivity contribution < 1.29 is 9.86 Å². The van der Waals surface area contributed by atoms with E-state index in [0.29, 0.717) is 12.3 Å². The van der Waals surface area contributed by atoms with Gasteiger partial charge in [0.05, 0.1) is 12.3 Å². The number of thioether (sulfide) groups is 1. The smallest absolute Gasteiger partial charge is 0.373 e. The second-order valence-electron chi connectivity index (χ2n) is 1.31. The average molecular weight is 119 g/mol. The number of hydrogen-bond donors (Lipinski definition) is 1. The van der Waals surface area contributed by atoms with Gasteiger partial charge in [-0.25, -0.2) is 4.79 Å². The Kier molecular flexibility index (Phi) is 1.32. The van der Waals surface area contributed by atoms with Crippen LogP contribution in [0.4, 0.5) is 4.79 Å². The lowest BCUT2D eigenvalue weighted by atomic mass is 10.8. The van der Waals surface area contributed by atoms with Crippen LogP contribution in [0.3, 0.4) is 0 Å². The summed E-state index contributed by atoms with van der Waals surface area (Å²) in [6, 6.07) is 0. The maximum absolute atomic E-state index is 10.2. The van der Waals surface area contributed by atoms with Crippen molar-refractivity contribution in [3.63, 3.8) is 0 Å². The topological polar surface area (TPSA) is 44.6 Å². The third kappa shape index (κ3) is 0.933. The molecule has 0 bridgehead atoms. The number of carbonyl (C=O) groups excluding carboxylic acids is 1. The standard InChI is InChI=1S/C3H5NO2S/c5-3-4(6)1-2-7-3/h4H,1-2H2. The maximum atomic E-state index is 10.2. The van der Waals surface area contributed by atoms with Gasteiger partial charge in [-0.05, 0) is 11.8 Å². The Labute approximate surface area is 45.3 Å². The Bertz CT molecular complexity index is 94.9. The number of carbonyl (C=O) groups is 1. The van der Waals surface area contributed by atoms with E-state index in [0.717, 1.165) is 11.8 Å². The fourth-order valence-corrected chi connectivity index (χ4v) is 1.15. The van der Waals surface area contributed by atoms with Gasteiger partial charge in [0.25, 0.3) is 0 Å². The van der Waals surface area contributed by atoms with Crippen LogP contribution in [0, 0.1) is 5.21 Å². The molecule has 0 aliphatic carbocycles. The SMILES string of the molecule is O=C1SCC[NH+]1[O-]. The van der Waals surface area contributed by atoms with Crippen LogP contribution in [0.25, 0.3) is 0 Å². The molecule has 0 aromatic heterocycles. The highest BCUT2D eigenvalue weighted by Gasteiger charge is 2.18. The van der Waals surface area contributed by atoms with Gasteiger partial charge in [0.2, 0.25) is 0 Å². The van der Waals surface area contributed by atoms with Crippen LogP contribution in [-0.2, 0) is 0 Å². The van der Waals surface area contributed by atoms with Gasteiger partial charge in [0.15, 0.2) is 0 Å². The lowest BCUT2D eigenvalue weighted by molar-refractivity contribution is -0.744. The van der Waals surface area contributed by atoms with Crippen LogP contribution in [-0.4, -0.2) is 17.5 Å². The molecule has 7 heavy (non-hydrogen) atoms. The molecule has 1 aliphatic rings. The third-order valence-electron chi connectivity index (χ3n) is 0.790. The lowest BCUT2D eigenvalue weighted by Gasteiger charge is -2.07. The van der Waals surface area contributed by atoms with Crippen molar-refractivity contribution in [2.24, 2.45) is 0 Å². The third-order valence-corrected chi connectivity index (χ3v) is 1.69. The summed E-state index contributed by atoms with van der Waals surface area (Å²) < 4.78 is 0. The van der Waals surface area contributed by atoms with E-state index in [2.05, 4.69) is 0 Å². The largest absolute Gasteiger partial charge is 0.626 e. The molecule has 1 N–H and O–H groups in total. The maximum Gasteiger partial charge on any atom is 0.373 e. The zero-order chi connectivity index (χ0) is 5.28. The van der Waals surface area contributed by atoms with Gasteiger partial charge >= 0.3 is 5.24 Å². The molecule has 0 aromatic rings. The molecule has 0 spiro atoms. The summed E-state index contributed by atoms with van der Waals surface area (Å²) >= 11 is 1.12. The Hall–Kier alpha value is -0.0600. The van der Waals surface area contributed by atoms with Crippen molar-refractivity contribution in [3.05, 3.63) is 5.21 Å². The predicted molar refractivity (Wildman–Crippen MR) is 27.1 cm³/mol. The summed E-state index contributed by atoms with van der Waals surface area (Å²) in [5.74, 6) is 0.692. The van der Waals surface area contributed by atoms with E-state index in [4.69, 9.17) is 0 Å². The molecule has 3 nitrogen and oxygen atoms in total. The van der Waals surface area contributed by atoms with E-state index in [-0.39, 0.29) is 10.3 Å². The molecule has 1 atom stereocenters. The summed E-state index contributed by atoms with van der Waals surface area (Å²) in [6.07, 6.45) is 0. The van der Waals surface area contributed by atoms with Crippen LogP contribution < -0.4 is 5.06 Å². The molecule has 1 amide bonds. The highest BCUT2D eigenvalue weighted by atomic mass is 32.2. The summed E-state index contributed by atoms with van der Waals surface area (Å²) in [4.78, 5) is 10.2. The van der Waals surface area contributed by atoms with Crippen molar-refractivity contribution >= 4 is 17.0 Å². The highest BCUT2D eigenvalue weighted by Crippen LogP contribution is 2.00. The monoisotopic (exact) mass is 119 g/mol. The van der Waals surface area contributed by atoms with E-state index >= 15 is 0 Å². The van der Waals surface area contributed by atoms with Crippen LogP contribution in [0.1, 0.15) is 0 Å². The van der Waals surface area contributed by atoms with Crippen LogP contribution in [0.15, 0.2) is 0 Å². The Balaban J connectivity index is 2.48. The minimum absolute atomic E-state index is 0.218. The summed E-state index contributed by atoms with van der Waals surface area (Å²) in [6.45, 7) is 0.448. The van der Waals surface area contributed by atoms with Crippen molar-refractivity contribution in [1.82, 2.24) is 0 Å². The molecular weight excluding hydrogens is 114 g/mol. The molecule has 0 saturated carbocycles. The van der Waals surface area contributed by atoms with Gasteiger partial charge in [-0.1, -0.05) is 0 Å². The van der Waals surface area contributed by atoms with Crippen LogP contribution >= 0.6 is 11.8 Å². The zero-order valence-corrected chi connectivity index (χ0v) is 4.46. The number of rotatable bonds is 0. The highest BCUT2D eigenvalue weighted by molar-refractivity contribution is 8.13. The van der Waals surface area contributed by atoms with Gasteiger partial charge in [-0.2, -0.15) is 0 Å². The van der Waals surface area contributed by atoms with E-state index in [1.54, 1.807) is 0 Å². The van der Waals surface area contributed by atoms with Gasteiger partial charge in [0.1, 0.15) is 0 Å². The van der Waals surface area contributed by atoms with E-state index < -0.39 is 0 Å². The van der Waals surface area contributed by atoms with E-state index in [1.807, 2.05) is 0 Å². The normalized spacial score (nSPS) is 31.6. The molecule has 1 heterocycles. The average Bonchev–Trinajstić information content (AvgIpc) is 1.91. The molecule has 1 fully saturated rings. The van der Waals surface area contributed by atoms with Crippen molar-refractivity contribution in [3.8, 4) is 0 Å². The second kappa shape index (κ2) is 1.81. The number of hydrogen-bond acceptors (Lipinski definition) is 3. The summed E-state index contributed by atoms with van der Waals surface area (Å²) in [7, 11) is 0. The molecule has 0 radical (unpaired) electrons. The number of nitrogens with one attached hydrogen (secondary N) is 1. The van der Waals surface area contributed by atoms with Crippen molar-refractivity contribution in [2.45, 2.75) is 0 Å². The Morgan fingerprint density at radius 2 is 2.57 bits per heavy atom. The molecule has 1 rings (SSSR count). The molecule has 0 aromatic carbocycles. The summed E-state index contributed by atoms with van der Waals surface area (Å²) in [5.41, 5.74) is 0. The number of hydroxylamine groups is 2. The minimum Gasteiger partial charge on any atom is -0.626 e. The molecule has 4 heteroatoms. The fraction of sp³-hybridized carbons (Fsp3) is 0.667. The molecule has 1 aliphatic heterocycles. The molecule has 1 saturated heterocycles. The Morgan fingerprint density at radius 3 is 2.71 bits per heavy atom. The molecule has 40 valence electrons. The fourth-order valence-electron chi connectivity index (χ4n) is 0.419. The van der Waals surface area contributed by atoms with E-state index in [9.17, 15) is 10.0 Å². The van der Waals surface area contributed by atoms with Gasteiger partial charge in [-0.15, -0.1) is 0 Å². The van der Waals surface area contributed by atoms with Gasteiger partial charge in [0, 0.05) is 0 Å².